The second-order valence-electron chi connectivity index (χ2n) is 6.64. The first-order chi connectivity index (χ1) is 11.5. The molecule has 0 saturated carbocycles. The van der Waals surface area contributed by atoms with Crippen molar-refractivity contribution in [3.63, 3.8) is 0 Å². The number of carbonyl (C=O) groups is 2. The zero-order valence-electron chi connectivity index (χ0n) is 15.0. The van der Waals surface area contributed by atoms with Crippen LogP contribution in [0.15, 0.2) is 24.3 Å². The number of nitrogens with one attached hydrogen (secondary N) is 1. The monoisotopic (exact) mass is 331 g/mol. The molecule has 0 aliphatic carbocycles. The van der Waals surface area contributed by atoms with Crippen LogP contribution in [-0.2, 0) is 16.0 Å². The van der Waals surface area contributed by atoms with Gasteiger partial charge in [-0.25, -0.2) is 0 Å². The van der Waals surface area contributed by atoms with Gasteiger partial charge in [-0.15, -0.1) is 0 Å². The Bertz CT molecular complexity index is 565. The van der Waals surface area contributed by atoms with E-state index in [-0.39, 0.29) is 17.9 Å². The average molecular weight is 331 g/mol. The number of rotatable bonds is 6. The molecule has 1 N–H and O–H groups in total. The first-order valence-corrected chi connectivity index (χ1v) is 8.83. The van der Waals surface area contributed by atoms with Gasteiger partial charge in [0.25, 0.3) is 0 Å². The zero-order valence-corrected chi connectivity index (χ0v) is 15.0. The number of aryl methyl sites for hydroxylation is 1. The van der Waals surface area contributed by atoms with Gasteiger partial charge >= 0.3 is 0 Å². The van der Waals surface area contributed by atoms with Crippen LogP contribution in [-0.4, -0.2) is 60.4 Å². The number of hydrogen-bond donors (Lipinski definition) is 1. The third kappa shape index (κ3) is 5.34. The van der Waals surface area contributed by atoms with Crippen molar-refractivity contribution in [3.05, 3.63) is 35.4 Å². The summed E-state index contributed by atoms with van der Waals surface area (Å²) in [7, 11) is 0. The van der Waals surface area contributed by atoms with Crippen LogP contribution in [0.4, 0.5) is 0 Å². The van der Waals surface area contributed by atoms with E-state index in [1.54, 1.807) is 0 Å². The van der Waals surface area contributed by atoms with E-state index in [0.29, 0.717) is 26.1 Å². The third-order valence-corrected chi connectivity index (χ3v) is 4.71. The van der Waals surface area contributed by atoms with E-state index in [2.05, 4.69) is 17.1 Å². The molecular formula is C19H29N3O2. The minimum Gasteiger partial charge on any atom is -0.353 e. The summed E-state index contributed by atoms with van der Waals surface area (Å²) in [6.07, 6.45) is 1.40. The normalized spacial score (nSPS) is 16.7. The largest absolute Gasteiger partial charge is 0.353 e. The van der Waals surface area contributed by atoms with E-state index in [4.69, 9.17) is 0 Å². The lowest BCUT2D eigenvalue weighted by molar-refractivity contribution is -0.132. The number of piperazine rings is 1. The minimum absolute atomic E-state index is 0.0732. The highest BCUT2D eigenvalue weighted by atomic mass is 16.2. The summed E-state index contributed by atoms with van der Waals surface area (Å²) in [5, 5.41) is 2.99. The molecule has 0 aromatic heterocycles. The summed E-state index contributed by atoms with van der Waals surface area (Å²) in [5.41, 5.74) is 2.25. The molecule has 1 atom stereocenters. The number of carbonyl (C=O) groups excluding carboxylic acids is 2. The predicted octanol–water partition coefficient (Wildman–Crippen LogP) is 1.60. The molecule has 2 rings (SSSR count). The molecule has 0 radical (unpaired) electrons. The summed E-state index contributed by atoms with van der Waals surface area (Å²) in [4.78, 5) is 28.4. The Hall–Kier alpha value is -1.88. The SMILES string of the molecule is CCC(C)NC(=O)CN1CCN(C(=O)Cc2ccccc2C)CC1. The van der Waals surface area contributed by atoms with Crippen molar-refractivity contribution in [3.8, 4) is 0 Å². The van der Waals surface area contributed by atoms with Gasteiger partial charge in [-0.2, -0.15) is 0 Å². The van der Waals surface area contributed by atoms with Crippen molar-refractivity contribution in [1.82, 2.24) is 15.1 Å². The van der Waals surface area contributed by atoms with E-state index in [1.807, 2.05) is 43.0 Å². The highest BCUT2D eigenvalue weighted by Gasteiger charge is 2.22. The molecule has 0 spiro atoms. The van der Waals surface area contributed by atoms with Gasteiger partial charge in [-0.05, 0) is 31.4 Å². The molecule has 1 aromatic rings. The highest BCUT2D eigenvalue weighted by Crippen LogP contribution is 2.11. The number of hydrogen-bond acceptors (Lipinski definition) is 3. The summed E-state index contributed by atoms with van der Waals surface area (Å²) >= 11 is 0. The van der Waals surface area contributed by atoms with E-state index in [9.17, 15) is 9.59 Å². The van der Waals surface area contributed by atoms with Crippen LogP contribution < -0.4 is 5.32 Å². The van der Waals surface area contributed by atoms with Gasteiger partial charge in [0.15, 0.2) is 0 Å². The van der Waals surface area contributed by atoms with Crippen molar-refractivity contribution in [2.45, 2.75) is 39.7 Å². The zero-order chi connectivity index (χ0) is 17.5. The second-order valence-corrected chi connectivity index (χ2v) is 6.64. The predicted molar refractivity (Wildman–Crippen MR) is 95.8 cm³/mol. The summed E-state index contributed by atoms with van der Waals surface area (Å²) in [5.74, 6) is 0.247. The molecular weight excluding hydrogens is 302 g/mol. The fourth-order valence-electron chi connectivity index (χ4n) is 2.86. The van der Waals surface area contributed by atoms with Crippen LogP contribution in [0.2, 0.25) is 0 Å². The van der Waals surface area contributed by atoms with Gasteiger partial charge in [0.05, 0.1) is 13.0 Å². The number of nitrogens with zero attached hydrogens (tertiary/aromatic N) is 2. The maximum Gasteiger partial charge on any atom is 0.234 e. The molecule has 1 aromatic carbocycles. The molecule has 1 aliphatic heterocycles. The molecule has 1 unspecified atom stereocenters. The lowest BCUT2D eigenvalue weighted by Gasteiger charge is -2.34. The molecule has 5 heteroatoms. The average Bonchev–Trinajstić information content (AvgIpc) is 2.57. The smallest absolute Gasteiger partial charge is 0.234 e. The quantitative estimate of drug-likeness (QED) is 0.861. The Balaban J connectivity index is 1.77. The molecule has 1 saturated heterocycles. The Morgan fingerprint density at radius 2 is 1.83 bits per heavy atom. The summed E-state index contributed by atoms with van der Waals surface area (Å²) in [6, 6.07) is 8.24. The van der Waals surface area contributed by atoms with Gasteiger partial charge in [-0.1, -0.05) is 31.2 Å². The molecule has 0 bridgehead atoms. The lowest BCUT2D eigenvalue weighted by atomic mass is 10.1. The van der Waals surface area contributed by atoms with E-state index in [1.165, 1.54) is 0 Å². The van der Waals surface area contributed by atoms with Crippen molar-refractivity contribution in [2.75, 3.05) is 32.7 Å². The first-order valence-electron chi connectivity index (χ1n) is 8.83. The second kappa shape index (κ2) is 8.83. The molecule has 1 heterocycles. The lowest BCUT2D eigenvalue weighted by Crippen LogP contribution is -2.52. The molecule has 24 heavy (non-hydrogen) atoms. The molecule has 132 valence electrons. The molecule has 1 aliphatic rings. The van der Waals surface area contributed by atoms with Gasteiger partial charge in [0, 0.05) is 32.2 Å². The van der Waals surface area contributed by atoms with Crippen LogP contribution in [0.5, 0.6) is 0 Å². The van der Waals surface area contributed by atoms with Gasteiger partial charge < -0.3 is 10.2 Å². The van der Waals surface area contributed by atoms with Crippen LogP contribution in [0.3, 0.4) is 0 Å². The Morgan fingerprint density at radius 1 is 1.17 bits per heavy atom. The minimum atomic E-state index is 0.0732. The van der Waals surface area contributed by atoms with Crippen molar-refractivity contribution >= 4 is 11.8 Å². The van der Waals surface area contributed by atoms with E-state index in [0.717, 1.165) is 30.6 Å². The highest BCUT2D eigenvalue weighted by molar-refractivity contribution is 5.80. The Morgan fingerprint density at radius 3 is 2.46 bits per heavy atom. The molecule has 1 fully saturated rings. The topological polar surface area (TPSA) is 52.7 Å². The third-order valence-electron chi connectivity index (χ3n) is 4.71. The number of benzene rings is 1. The first kappa shape index (κ1) is 18.5. The van der Waals surface area contributed by atoms with Crippen LogP contribution >= 0.6 is 0 Å². The van der Waals surface area contributed by atoms with Crippen LogP contribution in [0, 0.1) is 6.92 Å². The van der Waals surface area contributed by atoms with E-state index < -0.39 is 0 Å². The molecule has 5 nitrogen and oxygen atoms in total. The van der Waals surface area contributed by atoms with Crippen molar-refractivity contribution in [1.29, 1.82) is 0 Å². The van der Waals surface area contributed by atoms with Gasteiger partial charge in [0.1, 0.15) is 0 Å². The summed E-state index contributed by atoms with van der Waals surface area (Å²) < 4.78 is 0. The Kier molecular flexibility index (Phi) is 6.79. The Labute approximate surface area is 145 Å². The van der Waals surface area contributed by atoms with Crippen molar-refractivity contribution < 1.29 is 9.59 Å². The fraction of sp³-hybridized carbons (Fsp3) is 0.579. The van der Waals surface area contributed by atoms with E-state index >= 15 is 0 Å². The standard InChI is InChI=1S/C19H29N3O2/c1-4-16(3)20-18(23)14-21-9-11-22(12-10-21)19(24)13-17-8-6-5-7-15(17)2/h5-8,16H,4,9-14H2,1-3H3,(H,20,23). The van der Waals surface area contributed by atoms with Gasteiger partial charge in [0.2, 0.25) is 11.8 Å². The van der Waals surface area contributed by atoms with Crippen molar-refractivity contribution in [2.24, 2.45) is 0 Å². The van der Waals surface area contributed by atoms with Gasteiger partial charge in [-0.3, -0.25) is 14.5 Å². The maximum atomic E-state index is 12.5. The maximum absolute atomic E-state index is 12.5. The van der Waals surface area contributed by atoms with Crippen LogP contribution in [0.1, 0.15) is 31.4 Å². The summed E-state index contributed by atoms with van der Waals surface area (Å²) in [6.45, 7) is 9.44. The molecule has 2 amide bonds. The number of amides is 2. The fourth-order valence-corrected chi connectivity index (χ4v) is 2.86. The van der Waals surface area contributed by atoms with Crippen LogP contribution in [0.25, 0.3) is 0 Å².